The van der Waals surface area contributed by atoms with E-state index in [1.165, 1.54) is 17.3 Å². The summed E-state index contributed by atoms with van der Waals surface area (Å²) in [6.45, 7) is 7.75. The van der Waals surface area contributed by atoms with Crippen molar-refractivity contribution in [2.75, 3.05) is 17.9 Å². The summed E-state index contributed by atoms with van der Waals surface area (Å²) in [6, 6.07) is 13.9. The predicted molar refractivity (Wildman–Crippen MR) is 128 cm³/mol. The van der Waals surface area contributed by atoms with Gasteiger partial charge in [-0.2, -0.15) is 0 Å². The van der Waals surface area contributed by atoms with Gasteiger partial charge in [0.15, 0.2) is 22.5 Å². The number of benzene rings is 2. The van der Waals surface area contributed by atoms with Crippen LogP contribution in [0.15, 0.2) is 60.3 Å². The highest BCUT2D eigenvalue weighted by atomic mass is 32.2. The molecule has 0 saturated carbocycles. The Labute approximate surface area is 197 Å². The third-order valence-electron chi connectivity index (χ3n) is 5.09. The third kappa shape index (κ3) is 6.07. The third-order valence-corrected chi connectivity index (χ3v) is 6.06. The van der Waals surface area contributed by atoms with Gasteiger partial charge in [0, 0.05) is 31.0 Å². The van der Waals surface area contributed by atoms with Crippen LogP contribution in [-0.2, 0) is 24.4 Å². The molecule has 1 aromatic heterocycles. The van der Waals surface area contributed by atoms with Gasteiger partial charge in [0.2, 0.25) is 12.7 Å². The van der Waals surface area contributed by atoms with Crippen LogP contribution in [0.25, 0.3) is 0 Å². The van der Waals surface area contributed by atoms with Gasteiger partial charge >= 0.3 is 0 Å². The van der Waals surface area contributed by atoms with Gasteiger partial charge < -0.3 is 24.7 Å². The molecule has 1 aliphatic heterocycles. The van der Waals surface area contributed by atoms with E-state index in [0.29, 0.717) is 37.6 Å². The fraction of sp³-hybridized carbons (Fsp3) is 0.292. The number of amides is 1. The summed E-state index contributed by atoms with van der Waals surface area (Å²) in [5.41, 5.74) is 3.22. The number of rotatable bonds is 11. The van der Waals surface area contributed by atoms with E-state index in [1.807, 2.05) is 41.0 Å². The summed E-state index contributed by atoms with van der Waals surface area (Å²) >= 11 is 1.51. The van der Waals surface area contributed by atoms with Crippen LogP contribution in [-0.4, -0.2) is 33.2 Å². The molecule has 2 heterocycles. The van der Waals surface area contributed by atoms with Crippen molar-refractivity contribution in [2.45, 2.75) is 38.1 Å². The van der Waals surface area contributed by atoms with Gasteiger partial charge in [0.05, 0.1) is 6.54 Å². The predicted octanol–water partition coefficient (Wildman–Crippen LogP) is 3.91. The monoisotopic (exact) mass is 465 g/mol. The minimum Gasteiger partial charge on any atom is -0.454 e. The van der Waals surface area contributed by atoms with E-state index in [2.05, 4.69) is 46.5 Å². The minimum atomic E-state index is -0.0174. The van der Waals surface area contributed by atoms with E-state index in [4.69, 9.17) is 9.47 Å². The van der Waals surface area contributed by atoms with Crippen LogP contribution in [0.4, 0.5) is 5.69 Å². The number of carbonyl (C=O) groups is 1. The molecule has 1 aliphatic rings. The molecule has 0 aliphatic carbocycles. The molecule has 0 spiro atoms. The molecule has 0 radical (unpaired) electrons. The second-order valence-electron chi connectivity index (χ2n) is 7.58. The van der Waals surface area contributed by atoms with Gasteiger partial charge in [-0.25, -0.2) is 0 Å². The Morgan fingerprint density at radius 3 is 2.79 bits per heavy atom. The second kappa shape index (κ2) is 10.9. The summed E-state index contributed by atoms with van der Waals surface area (Å²) in [7, 11) is 0. The Morgan fingerprint density at radius 2 is 1.97 bits per heavy atom. The average molecular weight is 466 g/mol. The number of anilines is 1. The summed E-state index contributed by atoms with van der Waals surface area (Å²) in [6.07, 6.45) is 2.20. The van der Waals surface area contributed by atoms with Crippen LogP contribution >= 0.6 is 11.8 Å². The van der Waals surface area contributed by atoms with Crippen molar-refractivity contribution in [3.05, 3.63) is 72.1 Å². The maximum atomic E-state index is 12.3. The van der Waals surface area contributed by atoms with Crippen LogP contribution < -0.4 is 20.1 Å². The van der Waals surface area contributed by atoms with E-state index in [9.17, 15) is 4.79 Å². The largest absolute Gasteiger partial charge is 0.454 e. The zero-order valence-corrected chi connectivity index (χ0v) is 19.4. The van der Waals surface area contributed by atoms with Gasteiger partial charge in [-0.05, 0) is 36.8 Å². The Morgan fingerprint density at radius 1 is 1.15 bits per heavy atom. The van der Waals surface area contributed by atoms with Gasteiger partial charge in [0.1, 0.15) is 0 Å². The lowest BCUT2D eigenvalue weighted by Crippen LogP contribution is -2.23. The van der Waals surface area contributed by atoms with Crippen molar-refractivity contribution in [3.63, 3.8) is 0 Å². The van der Waals surface area contributed by atoms with Gasteiger partial charge in [-0.3, -0.25) is 4.79 Å². The highest BCUT2D eigenvalue weighted by molar-refractivity contribution is 7.99. The molecule has 0 atom stereocenters. The fourth-order valence-corrected chi connectivity index (χ4v) is 4.20. The number of fused-ring (bicyclic) bond motifs is 1. The van der Waals surface area contributed by atoms with Gasteiger partial charge in [-0.1, -0.05) is 41.6 Å². The van der Waals surface area contributed by atoms with Crippen LogP contribution in [0.2, 0.25) is 0 Å². The number of aromatic nitrogens is 3. The SMILES string of the molecule is C=CCn1c(CNc2ccc(C)cc2)nnc1SCCC(=O)NCc1ccc2c(c1)OCO2. The lowest BCUT2D eigenvalue weighted by molar-refractivity contribution is -0.120. The molecule has 0 unspecified atom stereocenters. The molecular weight excluding hydrogens is 438 g/mol. The fourth-order valence-electron chi connectivity index (χ4n) is 3.30. The topological polar surface area (TPSA) is 90.3 Å². The molecule has 0 saturated heterocycles. The highest BCUT2D eigenvalue weighted by Crippen LogP contribution is 2.32. The Balaban J connectivity index is 1.25. The van der Waals surface area contributed by atoms with Crippen LogP contribution in [0.5, 0.6) is 11.5 Å². The molecule has 3 aromatic rings. The molecule has 0 bridgehead atoms. The Kier molecular flexibility index (Phi) is 7.51. The summed E-state index contributed by atoms with van der Waals surface area (Å²) in [5, 5.41) is 15.7. The maximum absolute atomic E-state index is 12.3. The number of allylic oxidation sites excluding steroid dienone is 1. The summed E-state index contributed by atoms with van der Waals surface area (Å²) in [5.74, 6) is 2.86. The summed E-state index contributed by atoms with van der Waals surface area (Å²) < 4.78 is 12.7. The van der Waals surface area contributed by atoms with Crippen LogP contribution in [0.3, 0.4) is 0 Å². The number of hydrogen-bond donors (Lipinski definition) is 2. The lowest BCUT2D eigenvalue weighted by atomic mass is 10.2. The number of hydrogen-bond acceptors (Lipinski definition) is 7. The molecule has 0 fully saturated rings. The molecule has 8 nitrogen and oxygen atoms in total. The standard InChI is InChI=1S/C24H27N5O3S/c1-3-11-29-22(15-25-19-7-4-17(2)5-8-19)27-28-24(29)33-12-10-23(30)26-14-18-6-9-20-21(13-18)32-16-31-20/h3-9,13,25H,1,10-12,14-16H2,2H3,(H,26,30). The first-order chi connectivity index (χ1) is 16.1. The van der Waals surface area contributed by atoms with Gasteiger partial charge in [-0.15, -0.1) is 16.8 Å². The first-order valence-corrected chi connectivity index (χ1v) is 11.7. The summed E-state index contributed by atoms with van der Waals surface area (Å²) in [4.78, 5) is 12.3. The van der Waals surface area contributed by atoms with E-state index in [-0.39, 0.29) is 12.7 Å². The zero-order chi connectivity index (χ0) is 23.0. The average Bonchev–Trinajstić information content (AvgIpc) is 3.44. The van der Waals surface area contributed by atoms with E-state index >= 15 is 0 Å². The number of nitrogens with one attached hydrogen (secondary N) is 2. The minimum absolute atomic E-state index is 0.0174. The first-order valence-electron chi connectivity index (χ1n) is 10.7. The molecule has 33 heavy (non-hydrogen) atoms. The van der Waals surface area contributed by atoms with Crippen LogP contribution in [0.1, 0.15) is 23.4 Å². The van der Waals surface area contributed by atoms with Gasteiger partial charge in [0.25, 0.3) is 0 Å². The van der Waals surface area contributed by atoms with Crippen molar-refractivity contribution >= 4 is 23.4 Å². The number of carbonyl (C=O) groups excluding carboxylic acids is 1. The molecule has 4 rings (SSSR count). The lowest BCUT2D eigenvalue weighted by Gasteiger charge is -2.10. The maximum Gasteiger partial charge on any atom is 0.231 e. The molecule has 9 heteroatoms. The van der Waals surface area contributed by atoms with Crippen molar-refractivity contribution in [3.8, 4) is 11.5 Å². The van der Waals surface area contributed by atoms with E-state index < -0.39 is 0 Å². The number of ether oxygens (including phenoxy) is 2. The number of nitrogens with zero attached hydrogens (tertiary/aromatic N) is 3. The van der Waals surface area contributed by atoms with Crippen molar-refractivity contribution in [1.29, 1.82) is 0 Å². The smallest absolute Gasteiger partial charge is 0.231 e. The van der Waals surface area contributed by atoms with E-state index in [0.717, 1.165) is 28.0 Å². The van der Waals surface area contributed by atoms with Crippen molar-refractivity contribution < 1.29 is 14.3 Å². The molecule has 172 valence electrons. The molecular formula is C24H27N5O3S. The normalized spacial score (nSPS) is 11.9. The second-order valence-corrected chi connectivity index (χ2v) is 8.64. The quantitative estimate of drug-likeness (QED) is 0.328. The molecule has 1 amide bonds. The number of thioether (sulfide) groups is 1. The highest BCUT2D eigenvalue weighted by Gasteiger charge is 2.14. The Hall–Kier alpha value is -3.46. The van der Waals surface area contributed by atoms with Crippen molar-refractivity contribution in [1.82, 2.24) is 20.1 Å². The molecule has 2 aromatic carbocycles. The van der Waals surface area contributed by atoms with E-state index in [1.54, 1.807) is 0 Å². The molecule has 2 N–H and O–H groups in total. The van der Waals surface area contributed by atoms with Crippen LogP contribution in [0, 0.1) is 6.92 Å². The first kappa shape index (κ1) is 22.7. The number of aryl methyl sites for hydroxylation is 1. The Bertz CT molecular complexity index is 1110. The van der Waals surface area contributed by atoms with Crippen molar-refractivity contribution in [2.24, 2.45) is 0 Å². The zero-order valence-electron chi connectivity index (χ0n) is 18.5.